The Morgan fingerprint density at radius 3 is 1.83 bits per heavy atom. The minimum atomic E-state index is -0.176. The molecule has 0 spiro atoms. The molecule has 334 valence electrons. The number of nitrogens with zero attached hydrogens (tertiary/aromatic N) is 2. The zero-order valence-corrected chi connectivity index (χ0v) is 40.8. The van der Waals surface area contributed by atoms with E-state index in [-0.39, 0.29) is 17.7 Å². The minimum absolute atomic E-state index is 0.00627. The molecule has 0 aliphatic carbocycles. The van der Waals surface area contributed by atoms with Crippen LogP contribution in [0.15, 0.2) is 185 Å². The Labute approximate surface area is 410 Å². The van der Waals surface area contributed by atoms with E-state index in [1.807, 2.05) is 11.3 Å². The van der Waals surface area contributed by atoms with Gasteiger partial charge in [-0.2, -0.15) is 0 Å². The summed E-state index contributed by atoms with van der Waals surface area (Å²) >= 11 is 1.91. The lowest BCUT2D eigenvalue weighted by Gasteiger charge is -2.42. The molecule has 6 heteroatoms. The van der Waals surface area contributed by atoms with Gasteiger partial charge in [0.25, 0.3) is 0 Å². The van der Waals surface area contributed by atoms with Gasteiger partial charge in [0.2, 0.25) is 0 Å². The highest BCUT2D eigenvalue weighted by molar-refractivity contribution is 7.25. The number of hydrogen-bond donors (Lipinski definition) is 0. The second kappa shape index (κ2) is 13.9. The molecule has 4 nitrogen and oxygen atoms in total. The molecule has 0 bridgehead atoms. The zero-order valence-electron chi connectivity index (χ0n) is 39.9. The van der Waals surface area contributed by atoms with Crippen LogP contribution < -0.4 is 15.7 Å². The summed E-state index contributed by atoms with van der Waals surface area (Å²) in [5.74, 6) is 1.75. The fraction of sp³-hybridized carbons (Fsp3) is 0.125. The molecule has 70 heavy (non-hydrogen) atoms. The van der Waals surface area contributed by atoms with Gasteiger partial charge in [-0.3, -0.25) is 0 Å². The lowest BCUT2D eigenvalue weighted by atomic mass is 9.44. The molecule has 0 atom stereocenters. The van der Waals surface area contributed by atoms with E-state index < -0.39 is 0 Å². The van der Waals surface area contributed by atoms with Crippen LogP contribution in [0.5, 0.6) is 0 Å². The van der Waals surface area contributed by atoms with E-state index in [9.17, 15) is 0 Å². The van der Waals surface area contributed by atoms with Crippen LogP contribution in [-0.4, -0.2) is 11.4 Å². The topological polar surface area (TPSA) is 34.5 Å². The van der Waals surface area contributed by atoms with Gasteiger partial charge in [0.15, 0.2) is 0 Å². The van der Waals surface area contributed by atoms with Gasteiger partial charge in [-0.05, 0) is 87.0 Å². The van der Waals surface area contributed by atoms with Gasteiger partial charge < -0.3 is 18.2 Å². The number of benzene rings is 9. The molecular formula is C64H47BN2O2S. The van der Waals surface area contributed by atoms with Gasteiger partial charge in [0, 0.05) is 92.3 Å². The maximum Gasteiger partial charge on any atom is 0.333 e. The van der Waals surface area contributed by atoms with E-state index >= 15 is 0 Å². The lowest BCUT2D eigenvalue weighted by Crippen LogP contribution is -2.60. The summed E-state index contributed by atoms with van der Waals surface area (Å²) in [6.45, 7) is 13.6. The molecular weight excluding hydrogens is 872 g/mol. The molecule has 0 N–H and O–H groups in total. The van der Waals surface area contributed by atoms with Gasteiger partial charge in [-0.25, -0.2) is 0 Å². The number of anilines is 2. The molecule has 9 aromatic carbocycles. The summed E-state index contributed by atoms with van der Waals surface area (Å²) in [5.41, 5.74) is 17.6. The first-order valence-corrected chi connectivity index (χ1v) is 25.3. The van der Waals surface area contributed by atoms with Crippen molar-refractivity contribution in [1.29, 1.82) is 0 Å². The first kappa shape index (κ1) is 40.1. The molecule has 0 saturated heterocycles. The van der Waals surface area contributed by atoms with Gasteiger partial charge >= 0.3 is 6.85 Å². The summed E-state index contributed by atoms with van der Waals surface area (Å²) in [5, 5.41) is 9.51. The smallest absolute Gasteiger partial charge is 0.333 e. The van der Waals surface area contributed by atoms with Crippen molar-refractivity contribution in [3.8, 4) is 39.5 Å². The molecule has 0 radical (unpaired) electrons. The Balaban J connectivity index is 1.11. The molecule has 15 rings (SSSR count). The van der Waals surface area contributed by atoms with Gasteiger partial charge in [0.05, 0.1) is 11.0 Å². The second-order valence-electron chi connectivity index (χ2n) is 21.7. The molecule has 6 heterocycles. The van der Waals surface area contributed by atoms with E-state index in [0.29, 0.717) is 0 Å². The number of hydrogen-bond acceptors (Lipinski definition) is 4. The molecule has 0 fully saturated rings. The van der Waals surface area contributed by atoms with Crippen molar-refractivity contribution in [2.24, 2.45) is 0 Å². The number of rotatable bonds is 3. The monoisotopic (exact) mass is 918 g/mol. The van der Waals surface area contributed by atoms with Crippen LogP contribution in [0, 0.1) is 0 Å². The lowest BCUT2D eigenvalue weighted by molar-refractivity contribution is 0.590. The van der Waals surface area contributed by atoms with E-state index in [1.165, 1.54) is 75.3 Å². The molecule has 4 aromatic heterocycles. The van der Waals surface area contributed by atoms with Crippen molar-refractivity contribution in [3.63, 3.8) is 0 Å². The van der Waals surface area contributed by atoms with Crippen molar-refractivity contribution in [1.82, 2.24) is 4.57 Å². The fourth-order valence-corrected chi connectivity index (χ4v) is 13.1. The van der Waals surface area contributed by atoms with E-state index in [2.05, 4.69) is 227 Å². The van der Waals surface area contributed by atoms with Crippen LogP contribution in [0.2, 0.25) is 0 Å². The number of aromatic nitrogens is 1. The molecule has 0 saturated carbocycles. The van der Waals surface area contributed by atoms with Gasteiger partial charge in [0.1, 0.15) is 22.7 Å². The average molecular weight is 919 g/mol. The Hall–Kier alpha value is -7.80. The normalized spacial score (nSPS) is 13.5. The maximum atomic E-state index is 7.16. The third-order valence-electron chi connectivity index (χ3n) is 15.5. The van der Waals surface area contributed by atoms with E-state index in [0.717, 1.165) is 72.2 Å². The molecule has 0 amide bonds. The third-order valence-corrected chi connectivity index (χ3v) is 16.6. The highest BCUT2D eigenvalue weighted by atomic mass is 32.1. The fourth-order valence-electron chi connectivity index (χ4n) is 12.0. The quantitative estimate of drug-likeness (QED) is 0.166. The maximum absolute atomic E-state index is 7.16. The van der Waals surface area contributed by atoms with Crippen LogP contribution in [0.25, 0.3) is 114 Å². The SMILES string of the molecule is CC(C)(C)c1ccc(N2B3c4cc5c(-c6ccccc6)oc(-c6ccccc6)c5cc4-n4c5cc6oc7ccccc7c6cc5c5ccc(c3c54)-c3cc4c(cc32)sc2cc(C(C)(C)C)ccc24)cc1. The highest BCUT2D eigenvalue weighted by Gasteiger charge is 2.45. The Morgan fingerprint density at radius 2 is 1.10 bits per heavy atom. The van der Waals surface area contributed by atoms with Crippen molar-refractivity contribution >= 4 is 115 Å². The van der Waals surface area contributed by atoms with Crippen LogP contribution >= 0.6 is 11.3 Å². The van der Waals surface area contributed by atoms with Crippen molar-refractivity contribution < 1.29 is 8.83 Å². The Kier molecular flexibility index (Phi) is 7.98. The predicted molar refractivity (Wildman–Crippen MR) is 298 cm³/mol. The zero-order chi connectivity index (χ0) is 46.9. The van der Waals surface area contributed by atoms with Crippen molar-refractivity contribution in [3.05, 3.63) is 187 Å². The minimum Gasteiger partial charge on any atom is -0.456 e. The number of para-hydroxylation sites is 1. The molecule has 2 aliphatic rings. The van der Waals surface area contributed by atoms with Crippen LogP contribution in [0.3, 0.4) is 0 Å². The Bertz CT molecular complexity index is 4370. The molecule has 13 aromatic rings. The first-order valence-electron chi connectivity index (χ1n) is 24.5. The number of furan rings is 2. The summed E-state index contributed by atoms with van der Waals surface area (Å²) < 4.78 is 19.0. The summed E-state index contributed by atoms with van der Waals surface area (Å²) in [4.78, 5) is 2.67. The van der Waals surface area contributed by atoms with Crippen LogP contribution in [0.1, 0.15) is 52.7 Å². The van der Waals surface area contributed by atoms with Gasteiger partial charge in [-0.1, -0.05) is 163 Å². The van der Waals surface area contributed by atoms with Crippen LogP contribution in [-0.2, 0) is 10.8 Å². The summed E-state index contributed by atoms with van der Waals surface area (Å²) in [6, 6.07) is 65.6. The van der Waals surface area contributed by atoms with Crippen LogP contribution in [0.4, 0.5) is 11.4 Å². The third kappa shape index (κ3) is 5.54. The highest BCUT2D eigenvalue weighted by Crippen LogP contribution is 2.51. The van der Waals surface area contributed by atoms with Crippen molar-refractivity contribution in [2.45, 2.75) is 52.4 Å². The largest absolute Gasteiger partial charge is 0.456 e. The summed E-state index contributed by atoms with van der Waals surface area (Å²) in [6.07, 6.45) is 0. The molecule has 2 aliphatic heterocycles. The second-order valence-corrected chi connectivity index (χ2v) is 22.8. The standard InChI is InChI=1S/C64H47BN2O2S/c1-63(2,3)38-21-24-40(25-22-38)67-53-35-58-48(42-26-23-39(64(4,5)6)29-57(42)70-58)31-45(53)43-27-28-44-46-30-47-41-19-13-14-20-55(41)68-56(47)34-52(46)66-54-33-50-49(32-51(54)65(67)59(43)60(44)66)61(36-15-9-7-10-16-36)69-62(50)37-17-11-8-12-18-37/h7-35H,1-6H3. The summed E-state index contributed by atoms with van der Waals surface area (Å²) in [7, 11) is 0. The Morgan fingerprint density at radius 1 is 0.443 bits per heavy atom. The number of fused-ring (bicyclic) bond motifs is 15. The predicted octanol–water partition coefficient (Wildman–Crippen LogP) is 17.0. The van der Waals surface area contributed by atoms with E-state index in [4.69, 9.17) is 8.83 Å². The first-order chi connectivity index (χ1) is 34.0. The average Bonchev–Trinajstić information content (AvgIpc) is 4.12. The van der Waals surface area contributed by atoms with Crippen molar-refractivity contribution in [2.75, 3.05) is 4.81 Å². The molecule has 0 unspecified atom stereocenters. The van der Waals surface area contributed by atoms with Gasteiger partial charge in [-0.15, -0.1) is 11.3 Å². The van der Waals surface area contributed by atoms with E-state index in [1.54, 1.807) is 0 Å². The number of thiophene rings is 1.